The number of benzene rings is 1. The maximum absolute atomic E-state index is 12.5. The molecule has 1 aromatic heterocycles. The van der Waals surface area contributed by atoms with E-state index < -0.39 is 0 Å². The fourth-order valence-corrected chi connectivity index (χ4v) is 2.29. The topological polar surface area (TPSA) is 51.0 Å². The number of amides is 1. The molecule has 0 atom stereocenters. The molecule has 0 fully saturated rings. The highest BCUT2D eigenvalue weighted by Gasteiger charge is 2.17. The summed E-state index contributed by atoms with van der Waals surface area (Å²) < 4.78 is 1.73. The Morgan fingerprint density at radius 2 is 1.86 bits per heavy atom. The zero-order valence-corrected chi connectivity index (χ0v) is 12.9. The van der Waals surface area contributed by atoms with Crippen molar-refractivity contribution < 1.29 is 4.79 Å². The first-order valence-corrected chi connectivity index (χ1v) is 7.47. The molecule has 0 aliphatic rings. The SMILES string of the molecule is CCc1nc(CC)n(CC(=O)N(CC)c2ccccc2)n1. The fourth-order valence-electron chi connectivity index (χ4n) is 2.29. The molecule has 112 valence electrons. The minimum absolute atomic E-state index is 0.0333. The average Bonchev–Trinajstić information content (AvgIpc) is 2.91. The van der Waals surface area contributed by atoms with Crippen LogP contribution in [0.5, 0.6) is 0 Å². The van der Waals surface area contributed by atoms with E-state index in [1.165, 1.54) is 0 Å². The van der Waals surface area contributed by atoms with Gasteiger partial charge in [-0.2, -0.15) is 5.10 Å². The highest BCUT2D eigenvalue weighted by molar-refractivity contribution is 5.93. The van der Waals surface area contributed by atoms with E-state index >= 15 is 0 Å². The molecule has 5 nitrogen and oxygen atoms in total. The summed E-state index contributed by atoms with van der Waals surface area (Å²) in [7, 11) is 0. The number of nitrogens with zero attached hydrogens (tertiary/aromatic N) is 4. The van der Waals surface area contributed by atoms with Gasteiger partial charge in [0, 0.05) is 25.1 Å². The lowest BCUT2D eigenvalue weighted by Crippen LogP contribution is -2.34. The lowest BCUT2D eigenvalue weighted by Gasteiger charge is -2.21. The van der Waals surface area contributed by atoms with E-state index in [0.29, 0.717) is 6.54 Å². The fraction of sp³-hybridized carbons (Fsp3) is 0.438. The first-order valence-electron chi connectivity index (χ1n) is 7.47. The third-order valence-electron chi connectivity index (χ3n) is 3.39. The largest absolute Gasteiger partial charge is 0.311 e. The molecular formula is C16H22N4O. The van der Waals surface area contributed by atoms with Crippen LogP contribution >= 0.6 is 0 Å². The second kappa shape index (κ2) is 7.02. The average molecular weight is 286 g/mol. The van der Waals surface area contributed by atoms with Crippen LogP contribution in [-0.2, 0) is 24.2 Å². The number of aromatic nitrogens is 3. The van der Waals surface area contributed by atoms with Gasteiger partial charge in [-0.15, -0.1) is 0 Å². The maximum atomic E-state index is 12.5. The maximum Gasteiger partial charge on any atom is 0.248 e. The summed E-state index contributed by atoms with van der Waals surface area (Å²) in [4.78, 5) is 18.8. The van der Waals surface area contributed by atoms with Crippen LogP contribution < -0.4 is 4.90 Å². The molecule has 2 aromatic rings. The highest BCUT2D eigenvalue weighted by Crippen LogP contribution is 2.14. The van der Waals surface area contributed by atoms with Gasteiger partial charge in [0.05, 0.1) is 0 Å². The van der Waals surface area contributed by atoms with E-state index in [0.717, 1.165) is 30.2 Å². The van der Waals surface area contributed by atoms with Gasteiger partial charge >= 0.3 is 0 Å². The van der Waals surface area contributed by atoms with Crippen molar-refractivity contribution in [3.8, 4) is 0 Å². The Labute approximate surface area is 125 Å². The van der Waals surface area contributed by atoms with E-state index in [1.807, 2.05) is 51.1 Å². The van der Waals surface area contributed by atoms with Crippen LogP contribution in [0.25, 0.3) is 0 Å². The molecule has 1 heterocycles. The Morgan fingerprint density at radius 1 is 1.14 bits per heavy atom. The summed E-state index contributed by atoms with van der Waals surface area (Å²) in [5.74, 6) is 1.69. The molecule has 0 N–H and O–H groups in total. The van der Waals surface area contributed by atoms with Crippen molar-refractivity contribution in [1.82, 2.24) is 14.8 Å². The van der Waals surface area contributed by atoms with E-state index in [9.17, 15) is 4.79 Å². The highest BCUT2D eigenvalue weighted by atomic mass is 16.2. The van der Waals surface area contributed by atoms with Crippen molar-refractivity contribution in [3.63, 3.8) is 0 Å². The molecule has 1 aromatic carbocycles. The van der Waals surface area contributed by atoms with Crippen molar-refractivity contribution in [2.75, 3.05) is 11.4 Å². The third-order valence-corrected chi connectivity index (χ3v) is 3.39. The molecule has 0 radical (unpaired) electrons. The molecule has 0 saturated carbocycles. The van der Waals surface area contributed by atoms with Gasteiger partial charge in [-0.3, -0.25) is 4.79 Å². The Hall–Kier alpha value is -2.17. The zero-order chi connectivity index (χ0) is 15.2. The van der Waals surface area contributed by atoms with E-state index in [2.05, 4.69) is 10.1 Å². The van der Waals surface area contributed by atoms with Crippen LogP contribution in [-0.4, -0.2) is 27.2 Å². The van der Waals surface area contributed by atoms with Crippen molar-refractivity contribution >= 4 is 11.6 Å². The van der Waals surface area contributed by atoms with Gasteiger partial charge in [-0.25, -0.2) is 9.67 Å². The van der Waals surface area contributed by atoms with Crippen LogP contribution in [0.1, 0.15) is 32.4 Å². The molecule has 2 rings (SSSR count). The van der Waals surface area contributed by atoms with E-state index in [-0.39, 0.29) is 12.5 Å². The summed E-state index contributed by atoms with van der Waals surface area (Å²) in [5.41, 5.74) is 0.916. The third kappa shape index (κ3) is 3.48. The Bertz CT molecular complexity index is 592. The lowest BCUT2D eigenvalue weighted by molar-refractivity contribution is -0.119. The predicted molar refractivity (Wildman–Crippen MR) is 83.2 cm³/mol. The van der Waals surface area contributed by atoms with Crippen molar-refractivity contribution in [2.24, 2.45) is 0 Å². The van der Waals surface area contributed by atoms with Gasteiger partial charge in [0.25, 0.3) is 0 Å². The number of aryl methyl sites for hydroxylation is 2. The van der Waals surface area contributed by atoms with Crippen LogP contribution in [0.15, 0.2) is 30.3 Å². The van der Waals surface area contributed by atoms with Gasteiger partial charge in [0.2, 0.25) is 5.91 Å². The van der Waals surface area contributed by atoms with E-state index in [1.54, 1.807) is 9.58 Å². The summed E-state index contributed by atoms with van der Waals surface area (Å²) in [5, 5.41) is 4.41. The van der Waals surface area contributed by atoms with Crippen LogP contribution in [0.3, 0.4) is 0 Å². The van der Waals surface area contributed by atoms with Crippen molar-refractivity contribution in [3.05, 3.63) is 42.0 Å². The molecule has 0 unspecified atom stereocenters. The standard InChI is InChI=1S/C16H22N4O/c1-4-14-17-15(5-2)20(18-14)12-16(21)19(6-3)13-10-8-7-9-11-13/h7-11H,4-6,12H2,1-3H3. The van der Waals surface area contributed by atoms with Crippen LogP contribution in [0, 0.1) is 0 Å². The van der Waals surface area contributed by atoms with Crippen LogP contribution in [0.4, 0.5) is 5.69 Å². The summed E-state index contributed by atoms with van der Waals surface area (Å²) >= 11 is 0. The number of carbonyl (C=O) groups excluding carboxylic acids is 1. The molecule has 5 heteroatoms. The monoisotopic (exact) mass is 286 g/mol. The molecular weight excluding hydrogens is 264 g/mol. The molecule has 1 amide bonds. The molecule has 0 spiro atoms. The Kier molecular flexibility index (Phi) is 5.09. The first-order chi connectivity index (χ1) is 10.2. The Balaban J connectivity index is 2.18. The summed E-state index contributed by atoms with van der Waals surface area (Å²) in [6, 6.07) is 9.71. The van der Waals surface area contributed by atoms with Gasteiger partial charge < -0.3 is 4.90 Å². The van der Waals surface area contributed by atoms with Crippen LogP contribution in [0.2, 0.25) is 0 Å². The number of anilines is 1. The molecule has 0 saturated heterocycles. The number of hydrogen-bond acceptors (Lipinski definition) is 3. The van der Waals surface area contributed by atoms with Gasteiger partial charge in [-0.1, -0.05) is 32.0 Å². The molecule has 21 heavy (non-hydrogen) atoms. The molecule has 0 bridgehead atoms. The number of para-hydroxylation sites is 1. The van der Waals surface area contributed by atoms with Crippen molar-refractivity contribution in [1.29, 1.82) is 0 Å². The Morgan fingerprint density at radius 3 is 2.43 bits per heavy atom. The molecule has 0 aliphatic heterocycles. The second-order valence-corrected chi connectivity index (χ2v) is 4.78. The van der Waals surface area contributed by atoms with Gasteiger partial charge in [-0.05, 0) is 19.1 Å². The van der Waals surface area contributed by atoms with Gasteiger partial charge in [0.15, 0.2) is 5.82 Å². The summed E-state index contributed by atoms with van der Waals surface area (Å²) in [6.07, 6.45) is 1.56. The quantitative estimate of drug-likeness (QED) is 0.819. The smallest absolute Gasteiger partial charge is 0.248 e. The van der Waals surface area contributed by atoms with Gasteiger partial charge in [0.1, 0.15) is 12.4 Å². The van der Waals surface area contributed by atoms with E-state index in [4.69, 9.17) is 0 Å². The minimum atomic E-state index is 0.0333. The number of hydrogen-bond donors (Lipinski definition) is 0. The number of rotatable bonds is 6. The first kappa shape index (κ1) is 15.2. The minimum Gasteiger partial charge on any atom is -0.311 e. The number of carbonyl (C=O) groups is 1. The summed E-state index contributed by atoms with van der Waals surface area (Å²) in [6.45, 7) is 6.89. The second-order valence-electron chi connectivity index (χ2n) is 4.78. The van der Waals surface area contributed by atoms with Crippen molar-refractivity contribution in [2.45, 2.75) is 40.2 Å². The normalized spacial score (nSPS) is 10.6. The molecule has 0 aliphatic carbocycles. The predicted octanol–water partition coefficient (Wildman–Crippen LogP) is 2.46. The number of likely N-dealkylation sites (N-methyl/N-ethyl adjacent to an activating group) is 1. The lowest BCUT2D eigenvalue weighted by atomic mass is 10.3. The zero-order valence-electron chi connectivity index (χ0n) is 12.9.